The number of nitrogens with zero attached hydrogens (tertiary/aromatic N) is 3. The number of aromatic nitrogens is 1. The number of nitro benzene ring substituents is 1. The first-order valence-electron chi connectivity index (χ1n) is 5.92. The monoisotopic (exact) mass is 281 g/mol. The molecule has 0 fully saturated rings. The van der Waals surface area contributed by atoms with Crippen molar-refractivity contribution >= 4 is 27.3 Å². The number of benzene rings is 1. The first kappa shape index (κ1) is 13.7. The molecule has 0 saturated heterocycles. The maximum Gasteiger partial charge on any atom is 0.270 e. The van der Waals surface area contributed by atoms with Crippen LogP contribution in [0.15, 0.2) is 23.0 Å². The molecule has 0 aliphatic rings. The van der Waals surface area contributed by atoms with Crippen LogP contribution in [-0.4, -0.2) is 34.4 Å². The third kappa shape index (κ3) is 2.99. The quantitative estimate of drug-likeness (QED) is 0.620. The highest BCUT2D eigenvalue weighted by Crippen LogP contribution is 2.22. The molecule has 2 aromatic rings. The number of hydrogen-bond acceptors (Lipinski definition) is 5. The van der Waals surface area contributed by atoms with E-state index in [0.29, 0.717) is 11.9 Å². The van der Waals surface area contributed by atoms with Crippen molar-refractivity contribution in [2.24, 2.45) is 0 Å². The van der Waals surface area contributed by atoms with Crippen molar-refractivity contribution < 1.29 is 4.92 Å². The van der Waals surface area contributed by atoms with Gasteiger partial charge < -0.3 is 4.90 Å². The van der Waals surface area contributed by atoms with E-state index in [4.69, 9.17) is 0 Å². The number of rotatable bonds is 5. The van der Waals surface area contributed by atoms with E-state index >= 15 is 0 Å². The van der Waals surface area contributed by atoms with E-state index in [1.807, 2.05) is 14.1 Å². The van der Waals surface area contributed by atoms with E-state index in [-0.39, 0.29) is 11.2 Å². The number of hydrogen-bond donors (Lipinski definition) is 0. The second-order valence-electron chi connectivity index (χ2n) is 4.59. The molecule has 0 bridgehead atoms. The van der Waals surface area contributed by atoms with Crippen molar-refractivity contribution in [3.63, 3.8) is 0 Å². The molecule has 0 saturated carbocycles. The van der Waals surface area contributed by atoms with Crippen LogP contribution >= 0.6 is 11.5 Å². The van der Waals surface area contributed by atoms with Gasteiger partial charge in [0, 0.05) is 18.7 Å². The minimum atomic E-state index is -0.479. The molecule has 19 heavy (non-hydrogen) atoms. The fraction of sp³-hybridized carbons (Fsp3) is 0.417. The van der Waals surface area contributed by atoms with E-state index in [1.54, 1.807) is 10.0 Å². The minimum Gasteiger partial charge on any atom is -0.309 e. The van der Waals surface area contributed by atoms with Gasteiger partial charge in [0.2, 0.25) is 0 Å². The summed E-state index contributed by atoms with van der Waals surface area (Å²) in [6, 6.07) is 4.43. The summed E-state index contributed by atoms with van der Waals surface area (Å²) in [7, 11) is 3.97. The average molecular weight is 281 g/mol. The topological polar surface area (TPSA) is 68.4 Å². The first-order chi connectivity index (χ1) is 8.99. The molecule has 0 atom stereocenters. The van der Waals surface area contributed by atoms with Crippen LogP contribution < -0.4 is 5.56 Å². The minimum absolute atomic E-state index is 0.0390. The normalized spacial score (nSPS) is 11.3. The van der Waals surface area contributed by atoms with E-state index in [1.165, 1.54) is 23.7 Å². The molecule has 0 N–H and O–H groups in total. The second-order valence-corrected chi connectivity index (χ2v) is 5.66. The molecule has 2 rings (SSSR count). The van der Waals surface area contributed by atoms with Crippen LogP contribution in [0.2, 0.25) is 0 Å². The molecular formula is C12H15N3O3S. The fourth-order valence-electron chi connectivity index (χ4n) is 1.85. The molecule has 0 radical (unpaired) electrons. The molecule has 1 aromatic carbocycles. The summed E-state index contributed by atoms with van der Waals surface area (Å²) in [5.41, 5.74) is -0.176. The Morgan fingerprint density at radius 3 is 2.79 bits per heavy atom. The highest BCUT2D eigenvalue weighted by molar-refractivity contribution is 7.13. The Morgan fingerprint density at radius 2 is 2.16 bits per heavy atom. The maximum absolute atomic E-state index is 12.1. The van der Waals surface area contributed by atoms with Gasteiger partial charge in [0.05, 0.1) is 15.0 Å². The van der Waals surface area contributed by atoms with E-state index < -0.39 is 4.92 Å². The summed E-state index contributed by atoms with van der Waals surface area (Å²) in [4.78, 5) is 24.4. The summed E-state index contributed by atoms with van der Waals surface area (Å²) < 4.78 is 2.46. The van der Waals surface area contributed by atoms with Gasteiger partial charge in [0.1, 0.15) is 0 Å². The molecule has 7 heteroatoms. The van der Waals surface area contributed by atoms with E-state index in [9.17, 15) is 14.9 Å². The molecule has 0 unspecified atom stereocenters. The van der Waals surface area contributed by atoms with Crippen LogP contribution in [0.5, 0.6) is 0 Å². The lowest BCUT2D eigenvalue weighted by molar-refractivity contribution is -0.384. The molecular weight excluding hydrogens is 266 g/mol. The molecule has 0 aliphatic heterocycles. The zero-order chi connectivity index (χ0) is 14.0. The van der Waals surface area contributed by atoms with Crippen molar-refractivity contribution in [3.05, 3.63) is 38.7 Å². The van der Waals surface area contributed by atoms with Crippen LogP contribution in [0.25, 0.3) is 10.1 Å². The standard InChI is InChI=1S/C12H15N3O3S/c1-13(2)6-3-7-14-12(16)10-8-9(15(17)18)4-5-11(10)19-14/h4-5,8H,3,6-7H2,1-2H3. The maximum atomic E-state index is 12.1. The molecule has 0 spiro atoms. The third-order valence-electron chi connectivity index (χ3n) is 2.81. The van der Waals surface area contributed by atoms with Crippen LogP contribution in [0.1, 0.15) is 6.42 Å². The van der Waals surface area contributed by atoms with Crippen molar-refractivity contribution in [2.75, 3.05) is 20.6 Å². The predicted molar refractivity (Wildman–Crippen MR) is 75.9 cm³/mol. The molecule has 0 aliphatic carbocycles. The molecule has 6 nitrogen and oxygen atoms in total. The number of non-ortho nitro benzene ring substituents is 1. The smallest absolute Gasteiger partial charge is 0.270 e. The summed E-state index contributed by atoms with van der Waals surface area (Å²) >= 11 is 1.36. The van der Waals surface area contributed by atoms with Gasteiger partial charge in [-0.1, -0.05) is 11.5 Å². The van der Waals surface area contributed by atoms with Crippen LogP contribution in [0, 0.1) is 10.1 Å². The summed E-state index contributed by atoms with van der Waals surface area (Å²) in [5.74, 6) is 0. The highest BCUT2D eigenvalue weighted by Gasteiger charge is 2.12. The number of aryl methyl sites for hydroxylation is 1. The Morgan fingerprint density at radius 1 is 1.42 bits per heavy atom. The van der Waals surface area contributed by atoms with Gasteiger partial charge in [-0.2, -0.15) is 0 Å². The van der Waals surface area contributed by atoms with Gasteiger partial charge in [0.25, 0.3) is 11.2 Å². The van der Waals surface area contributed by atoms with Gasteiger partial charge in [-0.05, 0) is 33.1 Å². The van der Waals surface area contributed by atoms with Gasteiger partial charge in [-0.15, -0.1) is 0 Å². The van der Waals surface area contributed by atoms with E-state index in [2.05, 4.69) is 4.90 Å². The van der Waals surface area contributed by atoms with Crippen LogP contribution in [-0.2, 0) is 6.54 Å². The molecule has 1 heterocycles. The SMILES string of the molecule is CN(C)CCCn1sc2ccc([N+](=O)[O-])cc2c1=O. The second kappa shape index (κ2) is 5.50. The van der Waals surface area contributed by atoms with Crippen molar-refractivity contribution in [1.29, 1.82) is 0 Å². The van der Waals surface area contributed by atoms with Crippen molar-refractivity contribution in [2.45, 2.75) is 13.0 Å². The zero-order valence-electron chi connectivity index (χ0n) is 10.8. The Kier molecular flexibility index (Phi) is 3.96. The first-order valence-corrected chi connectivity index (χ1v) is 6.69. The van der Waals surface area contributed by atoms with Gasteiger partial charge in [0.15, 0.2) is 0 Å². The van der Waals surface area contributed by atoms with Gasteiger partial charge >= 0.3 is 0 Å². The predicted octanol–water partition coefficient (Wildman–Crippen LogP) is 1.92. The largest absolute Gasteiger partial charge is 0.309 e. The summed E-state index contributed by atoms with van der Waals surface area (Å²) in [6.07, 6.45) is 0.877. The zero-order valence-corrected chi connectivity index (χ0v) is 11.6. The summed E-state index contributed by atoms with van der Waals surface area (Å²) in [6.45, 7) is 1.55. The Labute approximate surface area is 114 Å². The van der Waals surface area contributed by atoms with Gasteiger partial charge in [-0.3, -0.25) is 18.9 Å². The number of nitro groups is 1. The molecule has 102 valence electrons. The Hall–Kier alpha value is -1.73. The Balaban J connectivity index is 2.29. The average Bonchev–Trinajstić information content (AvgIpc) is 2.66. The van der Waals surface area contributed by atoms with Gasteiger partial charge in [-0.25, -0.2) is 0 Å². The van der Waals surface area contributed by atoms with Crippen LogP contribution in [0.4, 0.5) is 5.69 Å². The Bertz CT molecular complexity index is 660. The lowest BCUT2D eigenvalue weighted by Crippen LogP contribution is -2.18. The lowest BCUT2D eigenvalue weighted by Gasteiger charge is -2.08. The fourth-order valence-corrected chi connectivity index (χ4v) is 2.86. The molecule has 0 amide bonds. The van der Waals surface area contributed by atoms with E-state index in [0.717, 1.165) is 17.7 Å². The van der Waals surface area contributed by atoms with Crippen molar-refractivity contribution in [3.8, 4) is 0 Å². The van der Waals surface area contributed by atoms with Crippen LogP contribution in [0.3, 0.4) is 0 Å². The highest BCUT2D eigenvalue weighted by atomic mass is 32.1. The lowest BCUT2D eigenvalue weighted by atomic mass is 10.2. The van der Waals surface area contributed by atoms with Crippen molar-refractivity contribution in [1.82, 2.24) is 8.86 Å². The third-order valence-corrected chi connectivity index (χ3v) is 3.93. The summed E-state index contributed by atoms with van der Waals surface area (Å²) in [5, 5.41) is 11.1. The molecule has 1 aromatic heterocycles. The number of fused-ring (bicyclic) bond motifs is 1.